The van der Waals surface area contributed by atoms with Gasteiger partial charge in [0.05, 0.1) is 16.7 Å². The fraction of sp³-hybridized carbons (Fsp3) is 0.294. The van der Waals surface area contributed by atoms with Gasteiger partial charge in [-0.1, -0.05) is 0 Å². The van der Waals surface area contributed by atoms with Crippen molar-refractivity contribution in [3.63, 3.8) is 0 Å². The molecule has 0 spiro atoms. The summed E-state index contributed by atoms with van der Waals surface area (Å²) in [6.07, 6.45) is 7.08. The van der Waals surface area contributed by atoms with E-state index in [0.29, 0.717) is 30.2 Å². The first-order valence-corrected chi connectivity index (χ1v) is 9.63. The number of aromatic nitrogens is 4. The van der Waals surface area contributed by atoms with E-state index in [1.54, 1.807) is 23.1 Å². The summed E-state index contributed by atoms with van der Waals surface area (Å²) in [5, 5.41) is 18.5. The second-order valence-electron chi connectivity index (χ2n) is 6.70. The van der Waals surface area contributed by atoms with Gasteiger partial charge in [0.1, 0.15) is 12.0 Å². The second-order valence-corrected chi connectivity index (χ2v) is 7.69. The number of amides is 1. The zero-order valence-corrected chi connectivity index (χ0v) is 16.3. The van der Waals surface area contributed by atoms with Crippen molar-refractivity contribution in [1.29, 1.82) is 0 Å². The quantitative estimate of drug-likeness (QED) is 0.471. The Morgan fingerprint density at radius 3 is 2.86 bits per heavy atom. The number of nitro groups is 1. The number of carbonyl (C=O) groups excluding carboxylic acids is 1. The van der Waals surface area contributed by atoms with E-state index in [2.05, 4.69) is 20.4 Å². The Labute approximate surface area is 169 Å². The number of carbonyl (C=O) groups is 1. The molecule has 4 heterocycles. The number of rotatable bonds is 5. The highest BCUT2D eigenvalue weighted by Crippen LogP contribution is 2.30. The molecule has 3 aromatic rings. The number of nitrogen functional groups attached to an aromatic ring is 1. The molecule has 0 aromatic carbocycles. The number of hydrogen-bond acceptors (Lipinski definition) is 9. The maximum Gasteiger partial charge on any atom is 0.345 e. The van der Waals surface area contributed by atoms with Crippen molar-refractivity contribution in [2.75, 3.05) is 23.7 Å². The van der Waals surface area contributed by atoms with Crippen LogP contribution >= 0.6 is 11.3 Å². The largest absolute Gasteiger partial charge is 0.383 e. The zero-order valence-electron chi connectivity index (χ0n) is 15.5. The summed E-state index contributed by atoms with van der Waals surface area (Å²) in [5.74, 6) is -0.154. The molecule has 3 aromatic heterocycles. The van der Waals surface area contributed by atoms with Gasteiger partial charge in [0.15, 0.2) is 5.13 Å². The topological polar surface area (TPSA) is 145 Å². The van der Waals surface area contributed by atoms with Crippen molar-refractivity contribution in [2.45, 2.75) is 12.5 Å². The van der Waals surface area contributed by atoms with Gasteiger partial charge in [-0.3, -0.25) is 19.6 Å². The highest BCUT2D eigenvalue weighted by atomic mass is 32.1. The molecule has 1 amide bonds. The number of nitrogens with two attached hydrogens (primary N) is 1. The Bertz CT molecular complexity index is 1080. The molecule has 1 aliphatic heterocycles. The molecule has 1 aliphatic rings. The van der Waals surface area contributed by atoms with E-state index < -0.39 is 4.92 Å². The van der Waals surface area contributed by atoms with Crippen LogP contribution in [-0.2, 0) is 7.05 Å². The summed E-state index contributed by atoms with van der Waals surface area (Å²) in [6.45, 7) is 1.17. The van der Waals surface area contributed by atoms with Gasteiger partial charge < -0.3 is 16.0 Å². The van der Waals surface area contributed by atoms with E-state index >= 15 is 0 Å². The van der Waals surface area contributed by atoms with Crippen molar-refractivity contribution in [3.8, 4) is 11.1 Å². The van der Waals surface area contributed by atoms with Gasteiger partial charge in [-0.05, 0) is 23.8 Å². The molecule has 0 radical (unpaired) electrons. The molecule has 11 nitrogen and oxygen atoms in total. The summed E-state index contributed by atoms with van der Waals surface area (Å²) in [4.78, 5) is 33.3. The van der Waals surface area contributed by atoms with Crippen molar-refractivity contribution in [1.82, 2.24) is 25.1 Å². The molecule has 150 valence electrons. The number of nitrogens with zero attached hydrogens (tertiary/aromatic N) is 6. The van der Waals surface area contributed by atoms with Crippen molar-refractivity contribution in [3.05, 3.63) is 46.5 Å². The first-order chi connectivity index (χ1) is 13.9. The lowest BCUT2D eigenvalue weighted by Gasteiger charge is -2.16. The predicted molar refractivity (Wildman–Crippen MR) is 108 cm³/mol. The van der Waals surface area contributed by atoms with Crippen LogP contribution in [0.4, 0.5) is 16.0 Å². The van der Waals surface area contributed by atoms with Crippen LogP contribution in [0.5, 0.6) is 0 Å². The summed E-state index contributed by atoms with van der Waals surface area (Å²) in [6, 6.07) is 1.58. The molecule has 29 heavy (non-hydrogen) atoms. The average molecular weight is 414 g/mol. The summed E-state index contributed by atoms with van der Waals surface area (Å²) in [5.41, 5.74) is 7.81. The minimum absolute atomic E-state index is 0.00134. The van der Waals surface area contributed by atoms with Crippen LogP contribution in [0.25, 0.3) is 11.1 Å². The molecule has 1 atom stereocenters. The van der Waals surface area contributed by atoms with Gasteiger partial charge in [-0.25, -0.2) is 9.97 Å². The van der Waals surface area contributed by atoms with Crippen LogP contribution in [0, 0.1) is 10.1 Å². The number of hydrogen-bond donors (Lipinski definition) is 2. The van der Waals surface area contributed by atoms with Crippen molar-refractivity contribution < 1.29 is 9.72 Å². The lowest BCUT2D eigenvalue weighted by molar-refractivity contribution is -0.380. The summed E-state index contributed by atoms with van der Waals surface area (Å²) in [7, 11) is 1.81. The molecular formula is C17H18N8O3S. The number of thiazole rings is 1. The van der Waals surface area contributed by atoms with Gasteiger partial charge in [0.25, 0.3) is 5.91 Å². The Morgan fingerprint density at radius 2 is 2.17 bits per heavy atom. The lowest BCUT2D eigenvalue weighted by atomic mass is 10.1. The molecule has 0 unspecified atom stereocenters. The van der Waals surface area contributed by atoms with Gasteiger partial charge in [0, 0.05) is 49.7 Å². The van der Waals surface area contributed by atoms with Crippen molar-refractivity contribution >= 4 is 33.2 Å². The van der Waals surface area contributed by atoms with Gasteiger partial charge >= 0.3 is 5.00 Å². The van der Waals surface area contributed by atoms with E-state index in [0.717, 1.165) is 22.5 Å². The van der Waals surface area contributed by atoms with Crippen LogP contribution in [0.3, 0.4) is 0 Å². The molecule has 4 rings (SSSR count). The standard InChI is InChI=1S/C17H18N8O3S/c1-23-8-11(6-21-23)10-4-13(15(18)19-5-10)16(26)22-12-2-3-24(9-12)17-20-7-14(29-17)25(27)28/h4-8,12H,2-3,9H2,1H3,(H2,18,19)(H,22,26)/t12-/m1/s1. The normalized spacial score (nSPS) is 16.2. The molecule has 0 saturated carbocycles. The third-order valence-electron chi connectivity index (χ3n) is 4.66. The third-order valence-corrected chi connectivity index (χ3v) is 5.67. The minimum atomic E-state index is -0.457. The molecular weight excluding hydrogens is 396 g/mol. The third kappa shape index (κ3) is 3.87. The molecule has 0 bridgehead atoms. The number of pyridine rings is 1. The summed E-state index contributed by atoms with van der Waals surface area (Å²) >= 11 is 1.02. The van der Waals surface area contributed by atoms with E-state index in [1.165, 1.54) is 6.20 Å². The van der Waals surface area contributed by atoms with Gasteiger partial charge in [0.2, 0.25) is 0 Å². The minimum Gasteiger partial charge on any atom is -0.383 e. The number of anilines is 2. The number of aryl methyl sites for hydroxylation is 1. The predicted octanol–water partition coefficient (Wildman–Crippen LogP) is 1.44. The van der Waals surface area contributed by atoms with Crippen LogP contribution in [0.15, 0.2) is 30.9 Å². The fourth-order valence-corrected chi connectivity index (χ4v) is 3.95. The molecule has 1 saturated heterocycles. The fourth-order valence-electron chi connectivity index (χ4n) is 3.19. The van der Waals surface area contributed by atoms with E-state index in [4.69, 9.17) is 5.73 Å². The van der Waals surface area contributed by atoms with Crippen molar-refractivity contribution in [2.24, 2.45) is 7.05 Å². The summed E-state index contributed by atoms with van der Waals surface area (Å²) < 4.78 is 1.67. The Hall–Kier alpha value is -3.54. The van der Waals surface area contributed by atoms with Crippen LogP contribution in [-0.4, -0.2) is 49.7 Å². The Morgan fingerprint density at radius 1 is 1.34 bits per heavy atom. The second kappa shape index (κ2) is 7.47. The first-order valence-electron chi connectivity index (χ1n) is 8.81. The smallest absolute Gasteiger partial charge is 0.345 e. The van der Waals surface area contributed by atoms with Gasteiger partial charge in [-0.15, -0.1) is 0 Å². The number of nitrogens with one attached hydrogen (secondary N) is 1. The van der Waals surface area contributed by atoms with Crippen LogP contribution in [0.2, 0.25) is 0 Å². The molecule has 3 N–H and O–H groups in total. The SMILES string of the molecule is Cn1cc(-c2cnc(N)c(C(=O)N[C@@H]3CCN(c4ncc([N+](=O)[O-])s4)C3)c2)cn1. The zero-order chi connectivity index (χ0) is 20.5. The highest BCUT2D eigenvalue weighted by Gasteiger charge is 2.28. The van der Waals surface area contributed by atoms with Crippen LogP contribution in [0.1, 0.15) is 16.8 Å². The van der Waals surface area contributed by atoms with E-state index in [1.807, 2.05) is 18.1 Å². The lowest BCUT2D eigenvalue weighted by Crippen LogP contribution is -2.37. The molecule has 1 fully saturated rings. The monoisotopic (exact) mass is 414 g/mol. The Balaban J connectivity index is 1.45. The average Bonchev–Trinajstić information content (AvgIpc) is 3.42. The highest BCUT2D eigenvalue weighted by molar-refractivity contribution is 7.18. The maximum atomic E-state index is 12.8. The molecule has 0 aliphatic carbocycles. The van der Waals surface area contributed by atoms with E-state index in [9.17, 15) is 14.9 Å². The van der Waals surface area contributed by atoms with E-state index in [-0.39, 0.29) is 22.8 Å². The maximum absolute atomic E-state index is 12.8. The molecule has 12 heteroatoms. The Kier molecular flexibility index (Phi) is 4.84. The van der Waals surface area contributed by atoms with Gasteiger partial charge in [-0.2, -0.15) is 5.10 Å². The first kappa shape index (κ1) is 18.8. The van der Waals surface area contributed by atoms with Crippen LogP contribution < -0.4 is 16.0 Å².